The lowest BCUT2D eigenvalue weighted by atomic mass is 10.3. The van der Waals surface area contributed by atoms with Crippen molar-refractivity contribution in [2.75, 3.05) is 38.0 Å². The molecular weight excluding hydrogens is 408 g/mol. The van der Waals surface area contributed by atoms with Gasteiger partial charge < -0.3 is 10.6 Å². The van der Waals surface area contributed by atoms with E-state index in [2.05, 4.69) is 25.4 Å². The molecule has 2 aliphatic rings. The molecule has 1 unspecified atom stereocenters. The molecule has 4 heterocycles. The number of nitrogens with one attached hydrogen (secondary N) is 2. The number of pyridine rings is 2. The summed E-state index contributed by atoms with van der Waals surface area (Å²) in [5.74, 6) is 1.55. The molecule has 0 saturated carbocycles. The van der Waals surface area contributed by atoms with Crippen LogP contribution in [0.5, 0.6) is 0 Å². The number of halogens is 1. The van der Waals surface area contributed by atoms with E-state index < -0.39 is 0 Å². The predicted octanol–water partition coefficient (Wildman–Crippen LogP) is 2.83. The molecule has 2 aromatic heterocycles. The summed E-state index contributed by atoms with van der Waals surface area (Å²) < 4.78 is 0. The number of carbonyl (C=O) groups is 1. The van der Waals surface area contributed by atoms with Crippen LogP contribution in [0.15, 0.2) is 42.7 Å². The molecule has 152 valence electrons. The van der Waals surface area contributed by atoms with Crippen molar-refractivity contribution in [3.8, 4) is 0 Å². The lowest BCUT2D eigenvalue weighted by Crippen LogP contribution is -2.52. The second-order valence-electron chi connectivity index (χ2n) is 7.06. The Labute approximate surface area is 179 Å². The third kappa shape index (κ3) is 5.27. The molecule has 2 N–H and O–H groups in total. The van der Waals surface area contributed by atoms with Crippen LogP contribution in [0.25, 0.3) is 4.91 Å². The molecule has 9 heteroatoms. The van der Waals surface area contributed by atoms with Crippen molar-refractivity contribution in [3.63, 3.8) is 0 Å². The van der Waals surface area contributed by atoms with Gasteiger partial charge in [0.2, 0.25) is 5.24 Å². The zero-order valence-electron chi connectivity index (χ0n) is 16.1. The molecule has 2 aliphatic heterocycles. The minimum atomic E-state index is -0.295. The molecule has 0 aromatic carbocycles. The van der Waals surface area contributed by atoms with Crippen LogP contribution in [-0.2, 0) is 4.79 Å². The quantitative estimate of drug-likeness (QED) is 0.678. The molecule has 2 aromatic rings. The minimum Gasteiger partial charge on any atom is -0.366 e. The van der Waals surface area contributed by atoms with Crippen LogP contribution in [0, 0.1) is 6.92 Å². The third-order valence-electron chi connectivity index (χ3n) is 4.86. The van der Waals surface area contributed by atoms with Gasteiger partial charge in [0.15, 0.2) is 0 Å². The maximum Gasteiger partial charge on any atom is 0.235 e. The number of anilines is 2. The fraction of sp³-hybridized carbons (Fsp3) is 0.350. The summed E-state index contributed by atoms with van der Waals surface area (Å²) in [5.41, 5.74) is 2.25. The first-order valence-electron chi connectivity index (χ1n) is 9.51. The first-order valence-corrected chi connectivity index (χ1v) is 10.8. The van der Waals surface area contributed by atoms with Gasteiger partial charge in [-0.15, -0.1) is 0 Å². The number of piperazine rings is 1. The first-order chi connectivity index (χ1) is 14.1. The Kier molecular flexibility index (Phi) is 6.34. The summed E-state index contributed by atoms with van der Waals surface area (Å²) in [7, 11) is 0. The Balaban J connectivity index is 1.35. The molecule has 0 radical (unpaired) electrons. The van der Waals surface area contributed by atoms with Crippen molar-refractivity contribution in [2.45, 2.75) is 12.4 Å². The van der Waals surface area contributed by atoms with Crippen molar-refractivity contribution >= 4 is 45.1 Å². The maximum absolute atomic E-state index is 11.1. The molecule has 29 heavy (non-hydrogen) atoms. The Hall–Kier alpha value is -2.13. The van der Waals surface area contributed by atoms with Gasteiger partial charge in [0, 0.05) is 38.6 Å². The molecule has 0 spiro atoms. The monoisotopic (exact) mass is 430 g/mol. The lowest BCUT2D eigenvalue weighted by Gasteiger charge is -2.37. The lowest BCUT2D eigenvalue weighted by molar-refractivity contribution is -0.113. The molecule has 7 nitrogen and oxygen atoms in total. The molecule has 0 aliphatic carbocycles. The third-order valence-corrected chi connectivity index (χ3v) is 6.21. The summed E-state index contributed by atoms with van der Waals surface area (Å²) in [6.45, 7) is 5.83. The molecule has 0 bridgehead atoms. The molecule has 4 rings (SSSR count). The van der Waals surface area contributed by atoms with E-state index in [4.69, 9.17) is 16.6 Å². The average molecular weight is 431 g/mol. The van der Waals surface area contributed by atoms with E-state index in [1.54, 1.807) is 18.0 Å². The number of hydrogen-bond donors (Lipinski definition) is 2. The van der Waals surface area contributed by atoms with Gasteiger partial charge in [-0.2, -0.15) is 0 Å². The maximum atomic E-state index is 11.1. The van der Waals surface area contributed by atoms with E-state index in [-0.39, 0.29) is 10.7 Å². The van der Waals surface area contributed by atoms with Gasteiger partial charge in [-0.05, 0) is 48.4 Å². The molecular formula is C20H23ClN6OS. The Morgan fingerprint density at radius 3 is 2.86 bits per heavy atom. The van der Waals surface area contributed by atoms with Crippen LogP contribution in [0.4, 0.5) is 11.6 Å². The van der Waals surface area contributed by atoms with E-state index in [0.717, 1.165) is 54.0 Å². The molecule has 0 amide bonds. The zero-order chi connectivity index (χ0) is 20.2. The van der Waals surface area contributed by atoms with Gasteiger partial charge in [-0.1, -0.05) is 17.8 Å². The van der Waals surface area contributed by atoms with Crippen LogP contribution in [-0.4, -0.2) is 63.2 Å². The van der Waals surface area contributed by atoms with Crippen molar-refractivity contribution < 1.29 is 4.79 Å². The van der Waals surface area contributed by atoms with Gasteiger partial charge in [0.25, 0.3) is 0 Å². The number of thioether (sulfide) groups is 1. The molecule has 1 saturated heterocycles. The first kappa shape index (κ1) is 20.2. The second kappa shape index (κ2) is 9.13. The number of aromatic nitrogens is 2. The minimum absolute atomic E-state index is 0.177. The van der Waals surface area contributed by atoms with Gasteiger partial charge in [0.05, 0.1) is 17.1 Å². The highest BCUT2D eigenvalue weighted by molar-refractivity contribution is 8.09. The van der Waals surface area contributed by atoms with Crippen LogP contribution in [0.2, 0.25) is 0 Å². The Morgan fingerprint density at radius 2 is 2.10 bits per heavy atom. The van der Waals surface area contributed by atoms with Crippen molar-refractivity contribution in [1.29, 1.82) is 0 Å². The highest BCUT2D eigenvalue weighted by Gasteiger charge is 2.28. The van der Waals surface area contributed by atoms with Crippen LogP contribution < -0.4 is 10.6 Å². The van der Waals surface area contributed by atoms with Crippen LogP contribution in [0.3, 0.4) is 0 Å². The highest BCUT2D eigenvalue weighted by Crippen LogP contribution is 2.35. The number of nitrogens with zero attached hydrogens (tertiary/aromatic N) is 4. The summed E-state index contributed by atoms with van der Waals surface area (Å²) >= 11 is 7.26. The highest BCUT2D eigenvalue weighted by atomic mass is 35.5. The van der Waals surface area contributed by atoms with Crippen LogP contribution in [0.1, 0.15) is 11.3 Å². The van der Waals surface area contributed by atoms with Crippen molar-refractivity contribution in [3.05, 3.63) is 54.0 Å². The van der Waals surface area contributed by atoms with E-state index in [1.165, 1.54) is 0 Å². The zero-order valence-corrected chi connectivity index (χ0v) is 17.7. The number of hydrogen-bond acceptors (Lipinski definition) is 8. The second-order valence-corrected chi connectivity index (χ2v) is 8.61. The van der Waals surface area contributed by atoms with Gasteiger partial charge in [-0.25, -0.2) is 9.97 Å². The van der Waals surface area contributed by atoms with Crippen molar-refractivity contribution in [1.82, 2.24) is 25.1 Å². The summed E-state index contributed by atoms with van der Waals surface area (Å²) in [6, 6.07) is 9.91. The van der Waals surface area contributed by atoms with Crippen LogP contribution >= 0.6 is 23.4 Å². The fourth-order valence-electron chi connectivity index (χ4n) is 3.36. The largest absolute Gasteiger partial charge is 0.366 e. The number of carbonyl (C=O) groups excluding carboxylic acids is 1. The Morgan fingerprint density at radius 1 is 1.28 bits per heavy atom. The Bertz CT molecular complexity index is 915. The average Bonchev–Trinajstić information content (AvgIpc) is 3.19. The van der Waals surface area contributed by atoms with Crippen molar-refractivity contribution in [2.24, 2.45) is 0 Å². The standard InChI is InChI=1S/C20H23ClN6OS/c1-14-5-6-22-19(11-14)25-18-4-2-3-15(24-18)16-12-23-20(29-16)27-9-7-26(8-10-27)13-17(21)28/h2-6,11-12,20,23H,7-10,13H2,1H3,(H,22,24,25). The molecule has 1 fully saturated rings. The van der Waals surface area contributed by atoms with E-state index in [9.17, 15) is 4.79 Å². The van der Waals surface area contributed by atoms with E-state index in [0.29, 0.717) is 6.54 Å². The number of rotatable bonds is 6. The SMILES string of the molecule is Cc1ccnc(Nc2cccc(C3=CNC(N4CCN(CC(=O)Cl)CC4)S3)n2)c1. The van der Waals surface area contributed by atoms with Gasteiger partial charge in [-0.3, -0.25) is 14.6 Å². The molecule has 1 atom stereocenters. The normalized spacial score (nSPS) is 20.2. The topological polar surface area (TPSA) is 73.4 Å². The summed E-state index contributed by atoms with van der Waals surface area (Å²) in [4.78, 5) is 25.7. The predicted molar refractivity (Wildman–Crippen MR) is 118 cm³/mol. The van der Waals surface area contributed by atoms with E-state index >= 15 is 0 Å². The summed E-state index contributed by atoms with van der Waals surface area (Å²) in [6.07, 6.45) is 3.81. The van der Waals surface area contributed by atoms with Gasteiger partial charge >= 0.3 is 0 Å². The van der Waals surface area contributed by atoms with Gasteiger partial charge in [0.1, 0.15) is 17.1 Å². The fourth-order valence-corrected chi connectivity index (χ4v) is 4.63. The van der Waals surface area contributed by atoms with E-state index in [1.807, 2.05) is 43.5 Å². The summed E-state index contributed by atoms with van der Waals surface area (Å²) in [5, 5.41) is 6.42. The number of aryl methyl sites for hydroxylation is 1. The smallest absolute Gasteiger partial charge is 0.235 e.